The fourth-order valence-electron chi connectivity index (χ4n) is 1.16. The molecule has 130 valence electrons. The second-order valence-electron chi connectivity index (χ2n) is 4.25. The topological polar surface area (TPSA) is 77.4 Å². The Bertz CT molecular complexity index is 141. The minimum absolute atomic E-state index is 0.0413. The molecule has 0 fully saturated rings. The Labute approximate surface area is 129 Å². The molecule has 0 rings (SSSR count). The molecular formula is C15H34O6. The van der Waals surface area contributed by atoms with Crippen molar-refractivity contribution in [2.45, 2.75) is 33.1 Å². The normalized spacial score (nSPS) is 10.3. The van der Waals surface area contributed by atoms with Gasteiger partial charge in [-0.25, -0.2) is 0 Å². The Morgan fingerprint density at radius 3 is 1.33 bits per heavy atom. The molecule has 2 N–H and O–H groups in total. The van der Waals surface area contributed by atoms with Crippen LogP contribution >= 0.6 is 0 Å². The first-order valence-corrected chi connectivity index (χ1v) is 7.86. The summed E-state index contributed by atoms with van der Waals surface area (Å²) in [6, 6.07) is 0. The molecular weight excluding hydrogens is 276 g/mol. The molecule has 6 nitrogen and oxygen atoms in total. The Kier molecular flexibility index (Phi) is 27.2. The van der Waals surface area contributed by atoms with E-state index < -0.39 is 0 Å². The van der Waals surface area contributed by atoms with E-state index in [4.69, 9.17) is 29.2 Å². The molecule has 0 saturated carbocycles. The number of aliphatic hydroxyl groups excluding tert-OH is 2. The van der Waals surface area contributed by atoms with E-state index in [1.165, 1.54) is 12.8 Å². The number of rotatable bonds is 15. The zero-order chi connectivity index (χ0) is 16.0. The van der Waals surface area contributed by atoms with Crippen LogP contribution in [0.25, 0.3) is 0 Å². The molecule has 21 heavy (non-hydrogen) atoms. The first kappa shape index (κ1) is 23.0. The van der Waals surface area contributed by atoms with Crippen LogP contribution < -0.4 is 0 Å². The second-order valence-corrected chi connectivity index (χ2v) is 4.25. The smallest absolute Gasteiger partial charge is 0.0701 e. The van der Waals surface area contributed by atoms with E-state index in [9.17, 15) is 0 Å². The van der Waals surface area contributed by atoms with Crippen LogP contribution in [0.5, 0.6) is 0 Å². The van der Waals surface area contributed by atoms with Gasteiger partial charge in [0.2, 0.25) is 0 Å². The van der Waals surface area contributed by atoms with Gasteiger partial charge in [-0.3, -0.25) is 0 Å². The van der Waals surface area contributed by atoms with E-state index in [2.05, 4.69) is 13.8 Å². The molecule has 6 heteroatoms. The maximum Gasteiger partial charge on any atom is 0.0701 e. The Morgan fingerprint density at radius 2 is 0.952 bits per heavy atom. The first-order valence-electron chi connectivity index (χ1n) is 7.86. The Balaban J connectivity index is 0. The Morgan fingerprint density at radius 1 is 0.524 bits per heavy atom. The maximum absolute atomic E-state index is 8.36. The molecule has 0 aromatic heterocycles. The predicted molar refractivity (Wildman–Crippen MR) is 82.6 cm³/mol. The van der Waals surface area contributed by atoms with Gasteiger partial charge >= 0.3 is 0 Å². The summed E-state index contributed by atoms with van der Waals surface area (Å²) in [7, 11) is 0. The van der Waals surface area contributed by atoms with Crippen molar-refractivity contribution in [3.05, 3.63) is 0 Å². The third kappa shape index (κ3) is 28.6. The molecule has 0 spiro atoms. The standard InChI is InChI=1S/C8H18O5.C7H16O/c9-1-3-11-5-7-13-8-6-12-4-2-10;1-3-5-7-8-6-4-2/h9-10H,1-8H2;3-7H2,1-2H3. The zero-order valence-electron chi connectivity index (χ0n) is 13.7. The van der Waals surface area contributed by atoms with Gasteiger partial charge in [-0.15, -0.1) is 0 Å². The molecule has 0 bridgehead atoms. The summed E-state index contributed by atoms with van der Waals surface area (Å²) in [6.45, 7) is 8.95. The fraction of sp³-hybridized carbons (Fsp3) is 1.00. The van der Waals surface area contributed by atoms with E-state index in [0.29, 0.717) is 39.6 Å². The lowest BCUT2D eigenvalue weighted by atomic mass is 10.4. The summed E-state index contributed by atoms with van der Waals surface area (Å²) < 4.78 is 20.2. The van der Waals surface area contributed by atoms with Crippen molar-refractivity contribution in [1.29, 1.82) is 0 Å². The average molecular weight is 310 g/mol. The largest absolute Gasteiger partial charge is 0.394 e. The summed E-state index contributed by atoms with van der Waals surface area (Å²) >= 11 is 0. The van der Waals surface area contributed by atoms with Gasteiger partial charge in [-0.05, 0) is 12.8 Å². The monoisotopic (exact) mass is 310 g/mol. The first-order chi connectivity index (χ1) is 10.3. The molecule has 0 heterocycles. The van der Waals surface area contributed by atoms with E-state index in [1.807, 2.05) is 0 Å². The van der Waals surface area contributed by atoms with Gasteiger partial charge in [0.25, 0.3) is 0 Å². The van der Waals surface area contributed by atoms with Crippen LogP contribution in [0.3, 0.4) is 0 Å². The van der Waals surface area contributed by atoms with E-state index in [1.54, 1.807) is 0 Å². The predicted octanol–water partition coefficient (Wildman–Crippen LogP) is 1.23. The molecule has 0 aliphatic carbocycles. The van der Waals surface area contributed by atoms with Crippen molar-refractivity contribution in [2.24, 2.45) is 0 Å². The van der Waals surface area contributed by atoms with Gasteiger partial charge < -0.3 is 29.2 Å². The molecule has 0 aromatic carbocycles. The summed E-state index contributed by atoms with van der Waals surface area (Å²) in [5, 5.41) is 16.7. The summed E-state index contributed by atoms with van der Waals surface area (Å²) in [4.78, 5) is 0. The van der Waals surface area contributed by atoms with Crippen molar-refractivity contribution >= 4 is 0 Å². The summed E-state index contributed by atoms with van der Waals surface area (Å²) in [6.07, 6.45) is 3.59. The highest BCUT2D eigenvalue weighted by atomic mass is 16.5. The number of aliphatic hydroxyl groups is 2. The van der Waals surface area contributed by atoms with Gasteiger partial charge in [0.15, 0.2) is 0 Å². The van der Waals surface area contributed by atoms with Gasteiger partial charge in [0.1, 0.15) is 0 Å². The highest BCUT2D eigenvalue weighted by Crippen LogP contribution is 1.88. The molecule has 0 amide bonds. The third-order valence-corrected chi connectivity index (χ3v) is 2.21. The van der Waals surface area contributed by atoms with Crippen LogP contribution in [0.1, 0.15) is 33.1 Å². The highest BCUT2D eigenvalue weighted by Gasteiger charge is 1.90. The average Bonchev–Trinajstić information content (AvgIpc) is 2.51. The van der Waals surface area contributed by atoms with Crippen molar-refractivity contribution in [3.8, 4) is 0 Å². The van der Waals surface area contributed by atoms with Gasteiger partial charge in [-0.1, -0.05) is 20.3 Å². The van der Waals surface area contributed by atoms with Crippen molar-refractivity contribution in [1.82, 2.24) is 0 Å². The quantitative estimate of drug-likeness (QED) is 0.443. The third-order valence-electron chi connectivity index (χ3n) is 2.21. The number of hydrogen-bond donors (Lipinski definition) is 2. The van der Waals surface area contributed by atoms with Crippen LogP contribution in [-0.4, -0.2) is 76.3 Å². The second kappa shape index (κ2) is 24.8. The minimum Gasteiger partial charge on any atom is -0.394 e. The maximum atomic E-state index is 8.36. The summed E-state index contributed by atoms with van der Waals surface area (Å²) in [5.74, 6) is 0. The Hall–Kier alpha value is -0.240. The molecule has 0 unspecified atom stereocenters. The van der Waals surface area contributed by atoms with Gasteiger partial charge in [0.05, 0.1) is 52.9 Å². The lowest BCUT2D eigenvalue weighted by Crippen LogP contribution is -2.11. The summed E-state index contributed by atoms with van der Waals surface area (Å²) in [5.41, 5.74) is 0. The van der Waals surface area contributed by atoms with Crippen LogP contribution in [0.2, 0.25) is 0 Å². The molecule has 0 saturated heterocycles. The SMILES string of the molecule is CCCCOCCC.OCCOCCOCCOCCO. The molecule has 0 aromatic rings. The van der Waals surface area contributed by atoms with Crippen LogP contribution in [0.15, 0.2) is 0 Å². The van der Waals surface area contributed by atoms with Crippen LogP contribution in [-0.2, 0) is 18.9 Å². The molecule has 0 aliphatic rings. The van der Waals surface area contributed by atoms with E-state index in [0.717, 1.165) is 19.6 Å². The highest BCUT2D eigenvalue weighted by molar-refractivity contribution is 4.33. The van der Waals surface area contributed by atoms with Gasteiger partial charge in [-0.2, -0.15) is 0 Å². The van der Waals surface area contributed by atoms with Crippen molar-refractivity contribution < 1.29 is 29.2 Å². The molecule has 0 atom stereocenters. The van der Waals surface area contributed by atoms with E-state index in [-0.39, 0.29) is 13.2 Å². The molecule has 0 aliphatic heterocycles. The van der Waals surface area contributed by atoms with Gasteiger partial charge in [0, 0.05) is 13.2 Å². The van der Waals surface area contributed by atoms with E-state index >= 15 is 0 Å². The van der Waals surface area contributed by atoms with Crippen LogP contribution in [0.4, 0.5) is 0 Å². The fourth-order valence-corrected chi connectivity index (χ4v) is 1.16. The minimum atomic E-state index is 0.0413. The van der Waals surface area contributed by atoms with Crippen molar-refractivity contribution in [3.63, 3.8) is 0 Å². The zero-order valence-corrected chi connectivity index (χ0v) is 13.7. The number of ether oxygens (including phenoxy) is 4. The van der Waals surface area contributed by atoms with Crippen LogP contribution in [0, 0.1) is 0 Å². The number of hydrogen-bond acceptors (Lipinski definition) is 6. The lowest BCUT2D eigenvalue weighted by molar-refractivity contribution is 0.00230. The van der Waals surface area contributed by atoms with Crippen molar-refractivity contribution in [2.75, 3.05) is 66.1 Å². The molecule has 0 radical (unpaired) electrons. The number of unbranched alkanes of at least 4 members (excludes halogenated alkanes) is 1. The lowest BCUT2D eigenvalue weighted by Gasteiger charge is -2.04.